The topological polar surface area (TPSA) is 115 Å². The highest BCUT2D eigenvalue weighted by Crippen LogP contribution is 2.37. The number of anilines is 1. The van der Waals surface area contributed by atoms with Gasteiger partial charge in [-0.15, -0.1) is 0 Å². The summed E-state index contributed by atoms with van der Waals surface area (Å²) in [5.41, 5.74) is 6.48. The predicted octanol–water partition coefficient (Wildman–Crippen LogP) is 0.406. The average Bonchev–Trinajstić information content (AvgIpc) is 3.20. The van der Waals surface area contributed by atoms with Crippen LogP contribution in [0.1, 0.15) is 36.3 Å². The van der Waals surface area contributed by atoms with E-state index in [0.717, 1.165) is 12.8 Å². The predicted molar refractivity (Wildman–Crippen MR) is 74.6 cm³/mol. The molecule has 1 aliphatic rings. The summed E-state index contributed by atoms with van der Waals surface area (Å²) >= 11 is 0. The van der Waals surface area contributed by atoms with Crippen molar-refractivity contribution in [3.63, 3.8) is 0 Å². The van der Waals surface area contributed by atoms with Gasteiger partial charge in [0.25, 0.3) is 5.91 Å². The van der Waals surface area contributed by atoms with Crippen LogP contribution in [0.15, 0.2) is 12.3 Å². The average molecular weight is 294 g/mol. The minimum atomic E-state index is -1.08. The Labute approximate surface area is 121 Å². The molecular weight excluding hydrogens is 276 g/mol. The van der Waals surface area contributed by atoms with Crippen LogP contribution in [0.5, 0.6) is 0 Å². The second-order valence-electron chi connectivity index (χ2n) is 4.91. The maximum absolute atomic E-state index is 12.1. The Morgan fingerprint density at radius 2 is 2.10 bits per heavy atom. The number of hydrogen-bond acceptors (Lipinski definition) is 5. The molecule has 3 amide bonds. The first-order valence-electron chi connectivity index (χ1n) is 6.63. The number of nitrogen functional groups attached to an aromatic ring is 1. The molecule has 2 rings (SSSR count). The Morgan fingerprint density at radius 3 is 2.67 bits per heavy atom. The molecule has 1 saturated carbocycles. The van der Waals surface area contributed by atoms with Crippen LogP contribution in [0.2, 0.25) is 0 Å². The van der Waals surface area contributed by atoms with Gasteiger partial charge in [0.15, 0.2) is 6.10 Å². The fourth-order valence-corrected chi connectivity index (χ4v) is 1.87. The molecule has 1 atom stereocenters. The number of imide groups is 1. The van der Waals surface area contributed by atoms with E-state index in [9.17, 15) is 14.4 Å². The molecule has 0 radical (unpaired) electrons. The number of carbonyl (C=O) groups excluding carboxylic acids is 3. The number of aromatic nitrogens is 1. The lowest BCUT2D eigenvalue weighted by Gasteiger charge is -2.13. The number of nitrogens with two attached hydrogens (primary N) is 1. The zero-order chi connectivity index (χ0) is 15.6. The van der Waals surface area contributed by atoms with Crippen LogP contribution in [-0.4, -0.2) is 35.6 Å². The lowest BCUT2D eigenvalue weighted by atomic mass is 10.3. The smallest absolute Gasteiger partial charge is 0.355 e. The first-order chi connectivity index (χ1) is 9.92. The summed E-state index contributed by atoms with van der Waals surface area (Å²) in [7, 11) is 1.38. The molecule has 0 bridgehead atoms. The Bertz CT molecular complexity index is 577. The first kappa shape index (κ1) is 14.9. The molecule has 0 aromatic carbocycles. The quantitative estimate of drug-likeness (QED) is 0.695. The largest absolute Gasteiger partial charge is 0.448 e. The maximum Gasteiger partial charge on any atom is 0.355 e. The molecule has 8 heteroatoms. The molecule has 21 heavy (non-hydrogen) atoms. The second-order valence-corrected chi connectivity index (χ2v) is 4.91. The molecule has 0 aliphatic heterocycles. The molecule has 1 heterocycles. The summed E-state index contributed by atoms with van der Waals surface area (Å²) in [4.78, 5) is 34.8. The van der Waals surface area contributed by atoms with E-state index in [1.807, 2.05) is 5.32 Å². The van der Waals surface area contributed by atoms with Gasteiger partial charge in [-0.3, -0.25) is 10.1 Å². The number of nitrogens with zero attached hydrogens (tertiary/aromatic N) is 1. The lowest BCUT2D eigenvalue weighted by molar-refractivity contribution is -0.127. The third-order valence-electron chi connectivity index (χ3n) is 3.14. The van der Waals surface area contributed by atoms with E-state index in [1.54, 1.807) is 10.8 Å². The molecule has 114 valence electrons. The molecule has 4 N–H and O–H groups in total. The van der Waals surface area contributed by atoms with Gasteiger partial charge >= 0.3 is 12.0 Å². The van der Waals surface area contributed by atoms with Gasteiger partial charge in [0.2, 0.25) is 0 Å². The molecule has 1 aromatic heterocycles. The van der Waals surface area contributed by atoms with Crippen LogP contribution in [0.25, 0.3) is 0 Å². The highest BCUT2D eigenvalue weighted by Gasteiger charge is 2.29. The van der Waals surface area contributed by atoms with E-state index in [2.05, 4.69) is 5.32 Å². The molecule has 0 saturated heterocycles. The molecule has 8 nitrogen and oxygen atoms in total. The highest BCUT2D eigenvalue weighted by molar-refractivity contribution is 5.98. The van der Waals surface area contributed by atoms with Crippen LogP contribution in [-0.2, 0) is 9.53 Å². The fraction of sp³-hybridized carbons (Fsp3) is 0.462. The van der Waals surface area contributed by atoms with Crippen molar-refractivity contribution in [1.29, 1.82) is 0 Å². The van der Waals surface area contributed by atoms with Crippen LogP contribution in [0.3, 0.4) is 0 Å². The van der Waals surface area contributed by atoms with Crippen LogP contribution in [0, 0.1) is 0 Å². The monoisotopic (exact) mass is 294 g/mol. The molecule has 1 unspecified atom stereocenters. The zero-order valence-corrected chi connectivity index (χ0v) is 11.9. The summed E-state index contributed by atoms with van der Waals surface area (Å²) < 4.78 is 6.83. The van der Waals surface area contributed by atoms with E-state index < -0.39 is 24.0 Å². The Balaban J connectivity index is 2.00. The number of rotatable bonds is 4. The lowest BCUT2D eigenvalue weighted by Crippen LogP contribution is -2.43. The third kappa shape index (κ3) is 3.53. The highest BCUT2D eigenvalue weighted by atomic mass is 16.5. The maximum atomic E-state index is 12.1. The van der Waals surface area contributed by atoms with Gasteiger partial charge in [0.05, 0.1) is 5.69 Å². The molecule has 1 fully saturated rings. The van der Waals surface area contributed by atoms with E-state index in [1.165, 1.54) is 20.0 Å². The first-order valence-corrected chi connectivity index (χ1v) is 6.63. The van der Waals surface area contributed by atoms with Crippen LogP contribution < -0.4 is 16.4 Å². The van der Waals surface area contributed by atoms with Gasteiger partial charge in [-0.25, -0.2) is 9.59 Å². The third-order valence-corrected chi connectivity index (χ3v) is 3.14. The van der Waals surface area contributed by atoms with Gasteiger partial charge in [0, 0.05) is 19.3 Å². The van der Waals surface area contributed by atoms with Crippen LogP contribution in [0.4, 0.5) is 10.5 Å². The van der Waals surface area contributed by atoms with Crippen molar-refractivity contribution in [3.8, 4) is 0 Å². The number of carbonyl (C=O) groups is 3. The van der Waals surface area contributed by atoms with Gasteiger partial charge in [-0.05, 0) is 25.8 Å². The van der Waals surface area contributed by atoms with Crippen molar-refractivity contribution >= 4 is 23.6 Å². The SMILES string of the molecule is CNC(=O)NC(=O)C(C)OC(=O)c1cc(N)cn1C1CC1. The Hall–Kier alpha value is -2.51. The molecule has 0 spiro atoms. The number of nitrogens with one attached hydrogen (secondary N) is 2. The van der Waals surface area contributed by atoms with E-state index in [4.69, 9.17) is 10.5 Å². The number of ether oxygens (including phenoxy) is 1. The second kappa shape index (κ2) is 5.86. The van der Waals surface area contributed by atoms with Crippen molar-refractivity contribution in [2.24, 2.45) is 0 Å². The van der Waals surface area contributed by atoms with E-state index >= 15 is 0 Å². The van der Waals surface area contributed by atoms with Crippen molar-refractivity contribution < 1.29 is 19.1 Å². The van der Waals surface area contributed by atoms with Crippen molar-refractivity contribution in [2.45, 2.75) is 31.9 Å². The normalized spacial score (nSPS) is 15.1. The minimum Gasteiger partial charge on any atom is -0.448 e. The van der Waals surface area contributed by atoms with E-state index in [0.29, 0.717) is 11.4 Å². The van der Waals surface area contributed by atoms with Crippen molar-refractivity contribution in [3.05, 3.63) is 18.0 Å². The summed E-state index contributed by atoms with van der Waals surface area (Å²) in [6.45, 7) is 1.39. The zero-order valence-electron chi connectivity index (χ0n) is 11.9. The number of urea groups is 1. The Kier molecular flexibility index (Phi) is 4.15. The summed E-state index contributed by atoms with van der Waals surface area (Å²) in [6, 6.07) is 1.12. The van der Waals surface area contributed by atoms with Crippen molar-refractivity contribution in [1.82, 2.24) is 15.2 Å². The van der Waals surface area contributed by atoms with Crippen molar-refractivity contribution in [2.75, 3.05) is 12.8 Å². The van der Waals surface area contributed by atoms with Gasteiger partial charge in [-0.2, -0.15) is 0 Å². The molecular formula is C13H18N4O4. The van der Waals surface area contributed by atoms with Gasteiger partial charge in [-0.1, -0.05) is 0 Å². The number of esters is 1. The summed E-state index contributed by atoms with van der Waals surface area (Å²) in [6.07, 6.45) is 2.57. The Morgan fingerprint density at radius 1 is 1.43 bits per heavy atom. The fourth-order valence-electron chi connectivity index (χ4n) is 1.87. The summed E-state index contributed by atoms with van der Waals surface area (Å²) in [5.74, 6) is -1.33. The van der Waals surface area contributed by atoms with Gasteiger partial charge < -0.3 is 20.4 Å². The molecule has 1 aromatic rings. The van der Waals surface area contributed by atoms with Crippen LogP contribution >= 0.6 is 0 Å². The number of hydrogen-bond donors (Lipinski definition) is 3. The minimum absolute atomic E-state index is 0.264. The summed E-state index contributed by atoms with van der Waals surface area (Å²) in [5, 5.41) is 4.28. The standard InChI is InChI=1S/C13H18N4O4/c1-7(11(18)16-13(20)15-2)21-12(19)10-5-8(14)6-17(10)9-3-4-9/h5-7,9H,3-4,14H2,1-2H3,(H2,15,16,18,20). The number of amides is 3. The van der Waals surface area contributed by atoms with Gasteiger partial charge in [0.1, 0.15) is 5.69 Å². The van der Waals surface area contributed by atoms with E-state index in [-0.39, 0.29) is 6.04 Å². The molecule has 1 aliphatic carbocycles.